The number of alkyl halides is 5. The molecule has 1 unspecified atom stereocenters. The maximum absolute atomic E-state index is 13.0. The van der Waals surface area contributed by atoms with Crippen LogP contribution in [0.15, 0.2) is 12.2 Å². The highest BCUT2D eigenvalue weighted by molar-refractivity contribution is 8.00. The van der Waals surface area contributed by atoms with E-state index >= 15 is 0 Å². The third-order valence-electron chi connectivity index (χ3n) is 28.5. The number of likely N-dealkylation sites (tertiary alicyclic amines) is 8. The van der Waals surface area contributed by atoms with Gasteiger partial charge in [0.15, 0.2) is 5.79 Å². The minimum absolute atomic E-state index is 0. The van der Waals surface area contributed by atoms with E-state index in [2.05, 4.69) is 239 Å². The molecular formula is C103H221F5N20O6S2. The van der Waals surface area contributed by atoms with Gasteiger partial charge < -0.3 is 92.5 Å². The second-order valence-electron chi connectivity index (χ2n) is 40.7. The number of rotatable bonds is 5. The minimum atomic E-state index is -3.85. The molecule has 136 heavy (non-hydrogen) atoms. The molecule has 0 saturated carbocycles. The fourth-order valence-corrected chi connectivity index (χ4v) is 19.6. The summed E-state index contributed by atoms with van der Waals surface area (Å²) in [7, 11) is 31.7. The number of carbonyl (C=O) groups excluding carboxylic acids is 1. The highest BCUT2D eigenvalue weighted by atomic mass is 32.2. The van der Waals surface area contributed by atoms with Crippen molar-refractivity contribution in [2.75, 3.05) is 372 Å². The monoisotopic (exact) mass is 1990 g/mol. The van der Waals surface area contributed by atoms with E-state index in [4.69, 9.17) is 19.3 Å². The lowest BCUT2D eigenvalue weighted by atomic mass is 9.77. The molecule has 17 heterocycles. The number of thioether (sulfide) groups is 1. The topological polar surface area (TPSA) is 168 Å². The number of piperidine rings is 4. The molecule has 1 amide bonds. The summed E-state index contributed by atoms with van der Waals surface area (Å²) in [6.07, 6.45) is 17.1. The zero-order chi connectivity index (χ0) is 97.5. The minimum Gasteiger partial charge on any atom is -0.396 e. The summed E-state index contributed by atoms with van der Waals surface area (Å²) >= 11 is 2.06. The summed E-state index contributed by atoms with van der Waals surface area (Å²) in [6, 6.07) is 1.73. The fraction of sp³-hybridized carbons (Fsp3) is 0.942. The highest BCUT2D eigenvalue weighted by Gasteiger charge is 2.62. The van der Waals surface area contributed by atoms with Crippen molar-refractivity contribution in [3.05, 3.63) is 23.8 Å². The number of ether oxygens (including phenoxy) is 3. The number of fused-ring (bicyclic) bond motifs is 3. The molecule has 0 radical (unpaired) electrons. The molecule has 2 bridgehead atoms. The van der Waals surface area contributed by atoms with Crippen LogP contribution < -0.4 is 0 Å². The third kappa shape index (κ3) is 55.8. The van der Waals surface area contributed by atoms with Crippen molar-refractivity contribution >= 4 is 33.1 Å². The molecule has 816 valence electrons. The molecule has 16 aliphatic rings. The number of carbonyl (C=O) groups is 1. The quantitative estimate of drug-likeness (QED) is 0.168. The van der Waals surface area contributed by atoms with Crippen LogP contribution in [0, 0.1) is 23.7 Å². The molecule has 1 aromatic heterocycles. The van der Waals surface area contributed by atoms with Crippen molar-refractivity contribution in [1.82, 2.24) is 98.1 Å². The molecule has 15 fully saturated rings. The number of aryl methyl sites for hydroxylation is 1. The highest BCUT2D eigenvalue weighted by Crippen LogP contribution is 2.42. The van der Waals surface area contributed by atoms with Crippen LogP contribution in [0.1, 0.15) is 208 Å². The van der Waals surface area contributed by atoms with Crippen molar-refractivity contribution in [1.29, 1.82) is 0 Å². The number of aliphatic hydroxyl groups is 1. The van der Waals surface area contributed by atoms with Crippen molar-refractivity contribution in [2.45, 2.75) is 252 Å². The van der Waals surface area contributed by atoms with Gasteiger partial charge in [-0.15, -0.1) is 10.2 Å². The standard InChI is InChI=1S/C10H18N2O.C8H16N2.C8H18N2.C8H15NO2.C8H18O.C7H14FN.C7H12N4.C7H13N.C6H14N2.C6H13NOS.C5H7F4N.C5H11NO.C5H11NS.C5H11N.C2H6.6CH4/c1-11-6-3-10(4-7-11)5-8-12(2)9(10)13;1-9-5-7-3-4-8(6-9)10(7)2;1-3-4-10-7-5-9(2)6-8-10;1-9-4-2-8(3-5-9)10-6-7-11-8;1-5-8(4,6-9)7(2)3;1-7(8)3-5-9(2)6-4-7;1-6-8-9-7-5-10(2)3-4-11(6)7;2*1-7-3-5-8(2)6-4-7;1-7-3-5-9(2,8)6-4-7;1-10-2-4(6,7)5(8,9)3-10;2*1-6-2-4-7-5-3-6;1-6-4-2-3-5-6;1-2;;;;;;/h3-8H2,1-2H3;7-8H,3-6H2,1-2H3;3-8H2,1-2H3;2-7H2,1H3;7,9H,5-6H2,1-4H3;3-6H2,1-2H3;3-5H2,1-2H3;1,3-6H2,2H3;3-6H2,1-2H3;2-6H2,1H3;2-3H2,1H3;2*2-5H2,1H3;2-5H2,1H3;1-2H3;6*1H4/t;7-,8+;;;;;;;;;;;;;;;;;;;. The maximum Gasteiger partial charge on any atom is 0.323 e. The predicted octanol–water partition coefficient (Wildman–Crippen LogP) is 13.7. The van der Waals surface area contributed by atoms with Crippen LogP contribution in [0.5, 0.6) is 0 Å². The zero-order valence-electron chi connectivity index (χ0n) is 87.6. The van der Waals surface area contributed by atoms with Crippen molar-refractivity contribution < 1.29 is 50.3 Å². The lowest BCUT2D eigenvalue weighted by Gasteiger charge is -2.36. The van der Waals surface area contributed by atoms with E-state index in [-0.39, 0.29) is 61.2 Å². The van der Waals surface area contributed by atoms with E-state index in [9.17, 15) is 31.0 Å². The van der Waals surface area contributed by atoms with Gasteiger partial charge in [-0.1, -0.05) is 105 Å². The third-order valence-corrected chi connectivity index (χ3v) is 31.3. The van der Waals surface area contributed by atoms with Crippen LogP contribution in [0.25, 0.3) is 0 Å². The molecule has 3 atom stereocenters. The van der Waals surface area contributed by atoms with Gasteiger partial charge >= 0.3 is 11.8 Å². The number of piperazine rings is 3. The SMILES string of the molecule is C.C.C.C.C.C.C=C1CCN(C)CC1.C=S1(=O)CCN(C)CC1.CC.CCC(C)(CO)C(C)C.CCCN1CCN(C)CC1.CN1CC(F)(F)C(F)(F)C1.CN1CCC(C)(F)CC1.CN1CCC2(CC1)CCN(C)C2=O.CN1CCC2(CC1)OCCO2.CN1CCCC1.CN1CCN(C)CC1.CN1CCOCC1.CN1CCSCC1.CN1C[C@H]2CC[C@@H](C1)N2C.Cc1nnc2n1CCN(C)C2. The maximum atomic E-state index is 13.0. The van der Waals surface area contributed by atoms with Crippen molar-refractivity contribution in [2.24, 2.45) is 16.7 Å². The Labute approximate surface area is 840 Å². The second-order valence-corrected chi connectivity index (χ2v) is 44.7. The number of hydrogen-bond acceptors (Lipinski definition) is 25. The van der Waals surface area contributed by atoms with E-state index in [1.807, 2.05) is 39.8 Å². The summed E-state index contributed by atoms with van der Waals surface area (Å²) in [4.78, 5) is 50.0. The Morgan fingerprint density at radius 2 is 0.875 bits per heavy atom. The first kappa shape index (κ1) is 140. The molecule has 26 nitrogen and oxygen atoms in total. The second kappa shape index (κ2) is 72.8. The Morgan fingerprint density at radius 1 is 0.493 bits per heavy atom. The lowest BCUT2D eigenvalue weighted by molar-refractivity contribution is -0.183. The van der Waals surface area contributed by atoms with Gasteiger partial charge in [-0.25, -0.2) is 4.39 Å². The van der Waals surface area contributed by atoms with E-state index < -0.39 is 40.1 Å². The van der Waals surface area contributed by atoms with E-state index in [1.54, 1.807) is 6.92 Å². The Kier molecular flexibility index (Phi) is 74.8. The van der Waals surface area contributed by atoms with Gasteiger partial charge in [-0.2, -0.15) is 29.3 Å². The average Bonchev–Trinajstić information content (AvgIpc) is 1.65. The van der Waals surface area contributed by atoms with Crippen molar-refractivity contribution in [3.63, 3.8) is 0 Å². The Hall–Kier alpha value is -2.43. The number of halogens is 5. The first-order chi connectivity index (χ1) is 61.2. The Bertz CT molecular complexity index is 3110. The summed E-state index contributed by atoms with van der Waals surface area (Å²) in [6.45, 7) is 60.2. The molecule has 1 aromatic rings. The molecule has 33 heteroatoms. The number of likely N-dealkylation sites (N-methyl/N-ethyl adjacent to an activating group) is 7. The first-order valence-electron chi connectivity index (χ1n) is 49.9. The fourth-order valence-electron chi connectivity index (χ4n) is 17.0. The van der Waals surface area contributed by atoms with Crippen LogP contribution in [0.4, 0.5) is 22.0 Å². The number of morpholine rings is 1. The summed E-state index contributed by atoms with van der Waals surface area (Å²) in [5.41, 5.74) is 0.705. The number of aliphatic hydroxyl groups excluding tert-OH is 1. The first-order valence-corrected chi connectivity index (χ1v) is 53.1. The van der Waals surface area contributed by atoms with Crippen LogP contribution in [0.3, 0.4) is 0 Å². The van der Waals surface area contributed by atoms with E-state index in [0.717, 1.165) is 197 Å². The molecule has 2 spiro atoms. The van der Waals surface area contributed by atoms with Crippen LogP contribution in [0.2, 0.25) is 0 Å². The number of nitrogens with zero attached hydrogens (tertiary/aromatic N) is 20. The van der Waals surface area contributed by atoms with E-state index in [0.29, 0.717) is 31.3 Å². The summed E-state index contributed by atoms with van der Waals surface area (Å²) in [5.74, 6) is 3.10. The smallest absolute Gasteiger partial charge is 0.323 e. The normalized spacial score (nSPS) is 25.5. The van der Waals surface area contributed by atoms with Gasteiger partial charge in [0.25, 0.3) is 0 Å². The Morgan fingerprint density at radius 3 is 1.21 bits per heavy atom. The van der Waals surface area contributed by atoms with Crippen LogP contribution >= 0.6 is 11.8 Å². The zero-order valence-corrected chi connectivity index (χ0v) is 89.2. The van der Waals surface area contributed by atoms with Gasteiger partial charge in [0.1, 0.15) is 17.3 Å². The van der Waals surface area contributed by atoms with Gasteiger partial charge in [-0.05, 0) is 262 Å². The molecule has 0 aromatic carbocycles. The predicted molar refractivity (Wildman–Crippen MR) is 579 cm³/mol. The molecular weight excluding hydrogens is 1770 g/mol. The average molecular weight is 2000 g/mol. The van der Waals surface area contributed by atoms with Gasteiger partial charge in [0, 0.05) is 225 Å². The molecule has 16 aliphatic heterocycles. The van der Waals surface area contributed by atoms with Gasteiger partial charge in [0.2, 0.25) is 5.91 Å². The molecule has 15 saturated heterocycles. The van der Waals surface area contributed by atoms with Crippen LogP contribution in [-0.4, -0.2) is 526 Å². The van der Waals surface area contributed by atoms with Crippen molar-refractivity contribution in [3.8, 4) is 0 Å². The van der Waals surface area contributed by atoms with Gasteiger partial charge in [0.05, 0.1) is 51.5 Å². The Balaban J connectivity index is -0.000000689. The largest absolute Gasteiger partial charge is 0.396 e. The number of aromatic nitrogens is 3. The summed E-state index contributed by atoms with van der Waals surface area (Å²) in [5, 5.41) is 17.1. The molecule has 1 N–H and O–H groups in total. The van der Waals surface area contributed by atoms with Gasteiger partial charge in [-0.3, -0.25) is 23.7 Å². The van der Waals surface area contributed by atoms with Crippen LogP contribution in [-0.2, 0) is 41.6 Å². The molecule has 17 rings (SSSR count). The van der Waals surface area contributed by atoms with E-state index in [1.165, 1.54) is 180 Å². The number of amides is 1. The lowest BCUT2D eigenvalue weighted by Crippen LogP contribution is -2.50. The number of hydrogen-bond donors (Lipinski definition) is 1. The summed E-state index contributed by atoms with van der Waals surface area (Å²) < 4.78 is 91.4. The molecule has 0 aliphatic carbocycles.